The normalized spacial score (nSPS) is 18.3. The SMILES string of the molecule is CNC(Cc1c(C)nn(C)c1C)C1=CCCCCCC1. The van der Waals surface area contributed by atoms with Crippen molar-refractivity contribution in [3.05, 3.63) is 28.6 Å². The molecule has 20 heavy (non-hydrogen) atoms. The van der Waals surface area contributed by atoms with Crippen LogP contribution in [0.3, 0.4) is 0 Å². The van der Waals surface area contributed by atoms with Crippen LogP contribution in [0.1, 0.15) is 55.5 Å². The summed E-state index contributed by atoms with van der Waals surface area (Å²) in [6.07, 6.45) is 11.5. The Balaban J connectivity index is 2.15. The van der Waals surface area contributed by atoms with Crippen molar-refractivity contribution in [3.8, 4) is 0 Å². The predicted octanol–water partition coefficient (Wildman–Crippen LogP) is 3.45. The maximum Gasteiger partial charge on any atom is 0.0629 e. The van der Waals surface area contributed by atoms with Crippen LogP contribution in [0.5, 0.6) is 0 Å². The third-order valence-corrected chi connectivity index (χ3v) is 4.69. The van der Waals surface area contributed by atoms with E-state index in [0.29, 0.717) is 6.04 Å². The first-order valence-corrected chi connectivity index (χ1v) is 7.98. The summed E-state index contributed by atoms with van der Waals surface area (Å²) in [5.74, 6) is 0. The molecule has 1 unspecified atom stereocenters. The highest BCUT2D eigenvalue weighted by molar-refractivity contribution is 5.28. The van der Waals surface area contributed by atoms with Crippen LogP contribution in [0.2, 0.25) is 0 Å². The monoisotopic (exact) mass is 275 g/mol. The second-order valence-corrected chi connectivity index (χ2v) is 6.05. The Hall–Kier alpha value is -1.09. The van der Waals surface area contributed by atoms with E-state index in [0.717, 1.165) is 6.42 Å². The van der Waals surface area contributed by atoms with Gasteiger partial charge in [-0.1, -0.05) is 24.5 Å². The van der Waals surface area contributed by atoms with Crippen molar-refractivity contribution >= 4 is 0 Å². The van der Waals surface area contributed by atoms with Crippen LogP contribution in [0, 0.1) is 13.8 Å². The van der Waals surface area contributed by atoms with E-state index in [2.05, 4.69) is 37.4 Å². The van der Waals surface area contributed by atoms with Crippen molar-refractivity contribution in [1.82, 2.24) is 15.1 Å². The number of likely N-dealkylation sites (N-methyl/N-ethyl adjacent to an activating group) is 1. The number of rotatable bonds is 4. The number of nitrogens with one attached hydrogen (secondary N) is 1. The van der Waals surface area contributed by atoms with E-state index in [4.69, 9.17) is 0 Å². The molecule has 1 aliphatic rings. The molecule has 1 N–H and O–H groups in total. The molecule has 0 fully saturated rings. The van der Waals surface area contributed by atoms with E-state index >= 15 is 0 Å². The maximum absolute atomic E-state index is 4.55. The minimum atomic E-state index is 0.467. The van der Waals surface area contributed by atoms with Gasteiger partial charge in [0.05, 0.1) is 5.69 Å². The number of aryl methyl sites for hydroxylation is 2. The fraction of sp³-hybridized carbons (Fsp3) is 0.706. The van der Waals surface area contributed by atoms with Gasteiger partial charge in [-0.05, 0) is 58.6 Å². The molecule has 2 rings (SSSR count). The molecule has 3 nitrogen and oxygen atoms in total. The van der Waals surface area contributed by atoms with Crippen molar-refractivity contribution in [2.45, 2.75) is 64.8 Å². The summed E-state index contributed by atoms with van der Waals surface area (Å²) in [6.45, 7) is 4.30. The summed E-state index contributed by atoms with van der Waals surface area (Å²) in [5.41, 5.74) is 5.50. The Bertz CT molecular complexity index is 471. The van der Waals surface area contributed by atoms with Gasteiger partial charge in [0, 0.05) is 18.8 Å². The molecule has 112 valence electrons. The molecule has 0 aromatic carbocycles. The van der Waals surface area contributed by atoms with Crippen molar-refractivity contribution in [2.24, 2.45) is 7.05 Å². The third kappa shape index (κ3) is 3.51. The van der Waals surface area contributed by atoms with Crippen LogP contribution >= 0.6 is 0 Å². The average Bonchev–Trinajstić information content (AvgIpc) is 2.62. The van der Waals surface area contributed by atoms with Gasteiger partial charge in [-0.3, -0.25) is 4.68 Å². The molecule has 3 heteroatoms. The number of aromatic nitrogens is 2. The highest BCUT2D eigenvalue weighted by Crippen LogP contribution is 2.23. The Kier molecular flexibility index (Phi) is 5.41. The van der Waals surface area contributed by atoms with Gasteiger partial charge < -0.3 is 5.32 Å². The van der Waals surface area contributed by atoms with Gasteiger partial charge in [0.15, 0.2) is 0 Å². The number of hydrogen-bond donors (Lipinski definition) is 1. The van der Waals surface area contributed by atoms with E-state index in [1.807, 2.05) is 11.7 Å². The second-order valence-electron chi connectivity index (χ2n) is 6.05. The van der Waals surface area contributed by atoms with Crippen LogP contribution in [-0.4, -0.2) is 22.9 Å². The first-order valence-electron chi connectivity index (χ1n) is 7.98. The highest BCUT2D eigenvalue weighted by Gasteiger charge is 2.18. The lowest BCUT2D eigenvalue weighted by Gasteiger charge is -2.22. The highest BCUT2D eigenvalue weighted by atomic mass is 15.3. The molecule has 0 bridgehead atoms. The van der Waals surface area contributed by atoms with Crippen LogP contribution in [0.15, 0.2) is 11.6 Å². The molecular formula is C17H29N3. The summed E-state index contributed by atoms with van der Waals surface area (Å²) in [5, 5.41) is 8.07. The van der Waals surface area contributed by atoms with E-state index in [-0.39, 0.29) is 0 Å². The van der Waals surface area contributed by atoms with Crippen LogP contribution < -0.4 is 5.32 Å². The van der Waals surface area contributed by atoms with Gasteiger partial charge in [-0.15, -0.1) is 0 Å². The lowest BCUT2D eigenvalue weighted by molar-refractivity contribution is 0.556. The molecule has 1 heterocycles. The molecule has 0 spiro atoms. The lowest BCUT2D eigenvalue weighted by Crippen LogP contribution is -2.30. The predicted molar refractivity (Wildman–Crippen MR) is 85.0 cm³/mol. The van der Waals surface area contributed by atoms with Crippen LogP contribution in [0.4, 0.5) is 0 Å². The summed E-state index contributed by atoms with van der Waals surface area (Å²) in [6, 6.07) is 0.467. The van der Waals surface area contributed by atoms with E-state index in [1.54, 1.807) is 5.57 Å². The van der Waals surface area contributed by atoms with Crippen molar-refractivity contribution in [3.63, 3.8) is 0 Å². The van der Waals surface area contributed by atoms with Gasteiger partial charge in [0.2, 0.25) is 0 Å². The van der Waals surface area contributed by atoms with Gasteiger partial charge >= 0.3 is 0 Å². The van der Waals surface area contributed by atoms with Gasteiger partial charge in [-0.2, -0.15) is 5.10 Å². The second kappa shape index (κ2) is 7.07. The number of allylic oxidation sites excluding steroid dienone is 1. The fourth-order valence-electron chi connectivity index (χ4n) is 3.27. The van der Waals surface area contributed by atoms with Crippen molar-refractivity contribution < 1.29 is 0 Å². The Labute approximate surface area is 123 Å². The van der Waals surface area contributed by atoms with E-state index in [9.17, 15) is 0 Å². The quantitative estimate of drug-likeness (QED) is 0.853. The topological polar surface area (TPSA) is 29.9 Å². The largest absolute Gasteiger partial charge is 0.313 e. The van der Waals surface area contributed by atoms with Crippen LogP contribution in [0.25, 0.3) is 0 Å². The zero-order chi connectivity index (χ0) is 14.5. The van der Waals surface area contributed by atoms with E-state index in [1.165, 1.54) is 55.5 Å². The average molecular weight is 275 g/mol. The molecule has 0 saturated heterocycles. The summed E-state index contributed by atoms with van der Waals surface area (Å²) < 4.78 is 2.00. The molecule has 0 aliphatic heterocycles. The Morgan fingerprint density at radius 2 is 2.00 bits per heavy atom. The molecule has 0 amide bonds. The summed E-state index contributed by atoms with van der Waals surface area (Å²) in [7, 11) is 4.13. The molecule has 1 aliphatic carbocycles. The van der Waals surface area contributed by atoms with E-state index < -0.39 is 0 Å². The first kappa shape index (κ1) is 15.3. The molecule has 1 aromatic rings. The lowest BCUT2D eigenvalue weighted by atomic mass is 9.91. The Morgan fingerprint density at radius 1 is 1.25 bits per heavy atom. The fourth-order valence-corrected chi connectivity index (χ4v) is 3.27. The standard InChI is InChI=1S/C17H29N3/c1-13-16(14(2)20(4)19-13)12-17(18-3)15-10-8-6-5-7-9-11-15/h10,17-18H,5-9,11-12H2,1-4H3. The summed E-state index contributed by atoms with van der Waals surface area (Å²) in [4.78, 5) is 0. The molecular weight excluding hydrogens is 246 g/mol. The number of hydrogen-bond acceptors (Lipinski definition) is 2. The minimum absolute atomic E-state index is 0.467. The van der Waals surface area contributed by atoms with Crippen molar-refractivity contribution in [2.75, 3.05) is 7.05 Å². The zero-order valence-corrected chi connectivity index (χ0v) is 13.5. The van der Waals surface area contributed by atoms with Gasteiger partial charge in [-0.25, -0.2) is 0 Å². The smallest absolute Gasteiger partial charge is 0.0629 e. The minimum Gasteiger partial charge on any atom is -0.313 e. The molecule has 1 atom stereocenters. The van der Waals surface area contributed by atoms with Crippen LogP contribution in [-0.2, 0) is 13.5 Å². The van der Waals surface area contributed by atoms with Crippen molar-refractivity contribution in [1.29, 1.82) is 0 Å². The molecule has 0 saturated carbocycles. The third-order valence-electron chi connectivity index (χ3n) is 4.69. The number of nitrogens with zero attached hydrogens (tertiary/aromatic N) is 2. The zero-order valence-electron chi connectivity index (χ0n) is 13.5. The van der Waals surface area contributed by atoms with Gasteiger partial charge in [0.1, 0.15) is 0 Å². The summed E-state index contributed by atoms with van der Waals surface area (Å²) >= 11 is 0. The molecule has 0 radical (unpaired) electrons. The van der Waals surface area contributed by atoms with Gasteiger partial charge in [0.25, 0.3) is 0 Å². The Morgan fingerprint density at radius 3 is 2.65 bits per heavy atom. The first-order chi connectivity index (χ1) is 9.63. The maximum atomic E-state index is 4.55. The molecule has 1 aromatic heterocycles.